The summed E-state index contributed by atoms with van der Waals surface area (Å²) < 4.78 is 0. The molecule has 0 aliphatic carbocycles. The van der Waals surface area contributed by atoms with E-state index in [1.807, 2.05) is 0 Å². The lowest BCUT2D eigenvalue weighted by molar-refractivity contribution is 0.273. The topological polar surface area (TPSA) is 24.1 Å². The first-order valence-electron chi connectivity index (χ1n) is 6.63. The molecule has 1 saturated heterocycles. The molecule has 2 N–H and O–H groups in total. The number of thioether (sulfide) groups is 1. The first-order chi connectivity index (χ1) is 7.61. The molecule has 16 heavy (non-hydrogen) atoms. The zero-order chi connectivity index (χ0) is 12.0. The third-order valence-electron chi connectivity index (χ3n) is 3.48. The summed E-state index contributed by atoms with van der Waals surface area (Å²) in [5.41, 5.74) is 0. The summed E-state index contributed by atoms with van der Waals surface area (Å²) in [4.78, 5) is 0. The summed E-state index contributed by atoms with van der Waals surface area (Å²) in [7, 11) is 0. The van der Waals surface area contributed by atoms with Crippen LogP contribution in [0.4, 0.5) is 0 Å². The Morgan fingerprint density at radius 3 is 2.44 bits per heavy atom. The maximum Gasteiger partial charge on any atom is 0.0283 e. The van der Waals surface area contributed by atoms with Crippen molar-refractivity contribution < 1.29 is 0 Å². The van der Waals surface area contributed by atoms with Gasteiger partial charge in [-0.1, -0.05) is 27.7 Å². The summed E-state index contributed by atoms with van der Waals surface area (Å²) >= 11 is 2.07. The SMILES string of the molecule is CC(C)C(CNCC1CSCCN1)C(C)C. The molecule has 3 heteroatoms. The Kier molecular flexibility index (Phi) is 6.78. The number of rotatable bonds is 6. The van der Waals surface area contributed by atoms with Gasteiger partial charge in [0.15, 0.2) is 0 Å². The van der Waals surface area contributed by atoms with Crippen LogP contribution in [0.3, 0.4) is 0 Å². The summed E-state index contributed by atoms with van der Waals surface area (Å²) in [5, 5.41) is 7.21. The molecule has 0 radical (unpaired) electrons. The van der Waals surface area contributed by atoms with Crippen LogP contribution < -0.4 is 10.6 Å². The third kappa shape index (κ3) is 5.07. The molecule has 0 aromatic rings. The third-order valence-corrected chi connectivity index (χ3v) is 4.61. The Morgan fingerprint density at radius 1 is 1.25 bits per heavy atom. The highest BCUT2D eigenvalue weighted by molar-refractivity contribution is 7.99. The van der Waals surface area contributed by atoms with E-state index in [2.05, 4.69) is 50.1 Å². The van der Waals surface area contributed by atoms with Crippen LogP contribution >= 0.6 is 11.8 Å². The average molecular weight is 244 g/mol. The standard InChI is InChI=1S/C13H28N2S/c1-10(2)13(11(3)4)8-14-7-12-9-16-6-5-15-12/h10-15H,5-9H2,1-4H3. The molecule has 0 saturated carbocycles. The smallest absolute Gasteiger partial charge is 0.0283 e. The number of hydrogen-bond acceptors (Lipinski definition) is 3. The van der Waals surface area contributed by atoms with E-state index in [1.54, 1.807) is 0 Å². The molecular formula is C13H28N2S. The molecular weight excluding hydrogens is 216 g/mol. The van der Waals surface area contributed by atoms with E-state index < -0.39 is 0 Å². The summed E-state index contributed by atoms with van der Waals surface area (Å²) in [6, 6.07) is 0.679. The molecule has 1 aliphatic heterocycles. The van der Waals surface area contributed by atoms with Gasteiger partial charge in [-0.2, -0.15) is 11.8 Å². The molecule has 0 spiro atoms. The minimum Gasteiger partial charge on any atom is -0.315 e. The van der Waals surface area contributed by atoms with Gasteiger partial charge in [0.2, 0.25) is 0 Å². The molecule has 1 atom stereocenters. The van der Waals surface area contributed by atoms with Gasteiger partial charge in [-0.3, -0.25) is 0 Å². The molecule has 1 rings (SSSR count). The van der Waals surface area contributed by atoms with Gasteiger partial charge >= 0.3 is 0 Å². The van der Waals surface area contributed by atoms with Crippen LogP contribution in [0.2, 0.25) is 0 Å². The fraction of sp³-hybridized carbons (Fsp3) is 1.00. The van der Waals surface area contributed by atoms with Crippen molar-refractivity contribution in [1.29, 1.82) is 0 Å². The van der Waals surface area contributed by atoms with Crippen LogP contribution in [0.15, 0.2) is 0 Å². The largest absolute Gasteiger partial charge is 0.315 e. The molecule has 1 fully saturated rings. The van der Waals surface area contributed by atoms with E-state index in [4.69, 9.17) is 0 Å². The Hall–Kier alpha value is 0.270. The molecule has 2 nitrogen and oxygen atoms in total. The van der Waals surface area contributed by atoms with Crippen molar-refractivity contribution in [3.8, 4) is 0 Å². The highest BCUT2D eigenvalue weighted by atomic mass is 32.2. The zero-order valence-corrected chi connectivity index (χ0v) is 12.1. The summed E-state index contributed by atoms with van der Waals surface area (Å²) in [5.74, 6) is 4.90. The molecule has 0 aromatic carbocycles. The van der Waals surface area contributed by atoms with Crippen LogP contribution in [0, 0.1) is 17.8 Å². The van der Waals surface area contributed by atoms with Crippen LogP contribution in [-0.2, 0) is 0 Å². The lowest BCUT2D eigenvalue weighted by Crippen LogP contribution is -2.45. The quantitative estimate of drug-likeness (QED) is 0.749. The molecule has 1 aliphatic rings. The van der Waals surface area contributed by atoms with Crippen LogP contribution in [0.1, 0.15) is 27.7 Å². The second-order valence-corrected chi connectivity index (χ2v) is 6.69. The molecule has 0 bridgehead atoms. The van der Waals surface area contributed by atoms with E-state index in [9.17, 15) is 0 Å². The maximum absolute atomic E-state index is 3.64. The first kappa shape index (κ1) is 14.3. The van der Waals surface area contributed by atoms with E-state index in [0.717, 1.165) is 30.8 Å². The van der Waals surface area contributed by atoms with Gasteiger partial charge in [-0.05, 0) is 24.3 Å². The van der Waals surface area contributed by atoms with Gasteiger partial charge in [-0.25, -0.2) is 0 Å². The monoisotopic (exact) mass is 244 g/mol. The summed E-state index contributed by atoms with van der Waals surface area (Å²) in [6.45, 7) is 12.8. The fourth-order valence-electron chi connectivity index (χ4n) is 2.42. The minimum absolute atomic E-state index is 0.679. The normalized spacial score (nSPS) is 22.3. The van der Waals surface area contributed by atoms with Crippen molar-refractivity contribution in [1.82, 2.24) is 10.6 Å². The Labute approximate surface area is 105 Å². The number of hydrogen-bond donors (Lipinski definition) is 2. The molecule has 0 aromatic heterocycles. The van der Waals surface area contributed by atoms with Crippen LogP contribution in [-0.4, -0.2) is 37.2 Å². The lowest BCUT2D eigenvalue weighted by atomic mass is 9.85. The van der Waals surface area contributed by atoms with Gasteiger partial charge in [0, 0.05) is 30.6 Å². The predicted octanol–water partition coefficient (Wildman–Crippen LogP) is 2.21. The fourth-order valence-corrected chi connectivity index (χ4v) is 3.37. The average Bonchev–Trinajstić information content (AvgIpc) is 2.24. The van der Waals surface area contributed by atoms with Crippen molar-refractivity contribution in [2.75, 3.05) is 31.1 Å². The maximum atomic E-state index is 3.64. The second kappa shape index (κ2) is 7.57. The van der Waals surface area contributed by atoms with Gasteiger partial charge in [0.05, 0.1) is 0 Å². The molecule has 96 valence electrons. The molecule has 0 amide bonds. The van der Waals surface area contributed by atoms with E-state index in [0.29, 0.717) is 6.04 Å². The van der Waals surface area contributed by atoms with Crippen molar-refractivity contribution in [3.05, 3.63) is 0 Å². The van der Waals surface area contributed by atoms with Crippen molar-refractivity contribution in [2.45, 2.75) is 33.7 Å². The lowest BCUT2D eigenvalue weighted by Gasteiger charge is -2.28. The Balaban J connectivity index is 2.16. The van der Waals surface area contributed by atoms with Gasteiger partial charge in [0.25, 0.3) is 0 Å². The minimum atomic E-state index is 0.679. The van der Waals surface area contributed by atoms with Crippen LogP contribution in [0.5, 0.6) is 0 Å². The molecule has 1 heterocycles. The van der Waals surface area contributed by atoms with Crippen LogP contribution in [0.25, 0.3) is 0 Å². The van der Waals surface area contributed by atoms with E-state index >= 15 is 0 Å². The van der Waals surface area contributed by atoms with Gasteiger partial charge < -0.3 is 10.6 Å². The van der Waals surface area contributed by atoms with Crippen molar-refractivity contribution in [2.24, 2.45) is 17.8 Å². The zero-order valence-electron chi connectivity index (χ0n) is 11.3. The molecule has 1 unspecified atom stereocenters. The number of nitrogens with one attached hydrogen (secondary N) is 2. The van der Waals surface area contributed by atoms with E-state index in [-0.39, 0.29) is 0 Å². The second-order valence-electron chi connectivity index (χ2n) is 5.54. The Bertz CT molecular complexity index is 169. The van der Waals surface area contributed by atoms with Gasteiger partial charge in [-0.15, -0.1) is 0 Å². The van der Waals surface area contributed by atoms with Crippen molar-refractivity contribution in [3.63, 3.8) is 0 Å². The highest BCUT2D eigenvalue weighted by Gasteiger charge is 2.18. The van der Waals surface area contributed by atoms with E-state index in [1.165, 1.54) is 18.1 Å². The first-order valence-corrected chi connectivity index (χ1v) is 7.78. The summed E-state index contributed by atoms with van der Waals surface area (Å²) in [6.07, 6.45) is 0. The van der Waals surface area contributed by atoms with Gasteiger partial charge in [0.1, 0.15) is 0 Å². The predicted molar refractivity (Wildman–Crippen MR) is 75.2 cm³/mol. The highest BCUT2D eigenvalue weighted by Crippen LogP contribution is 2.19. The van der Waals surface area contributed by atoms with Crippen molar-refractivity contribution >= 4 is 11.8 Å². The Morgan fingerprint density at radius 2 is 1.94 bits per heavy atom.